The minimum atomic E-state index is -0.540. The zero-order valence-corrected chi connectivity index (χ0v) is 20.9. The molecular formula is C28H37ClN2O2. The molecule has 1 N–H and O–H groups in total. The molecule has 1 saturated carbocycles. The number of halogens is 1. The SMILES string of the molecule is CC(C)c1ccc(CCC(=O)N(Cc2cccc(Cl)c2)C(C)C(=O)NC2CCCCC2)cc1. The summed E-state index contributed by atoms with van der Waals surface area (Å²) in [5.74, 6) is 0.394. The molecule has 0 bridgehead atoms. The van der Waals surface area contributed by atoms with Crippen molar-refractivity contribution in [2.45, 2.75) is 90.3 Å². The van der Waals surface area contributed by atoms with E-state index in [1.165, 1.54) is 12.0 Å². The topological polar surface area (TPSA) is 49.4 Å². The van der Waals surface area contributed by atoms with Gasteiger partial charge in [-0.2, -0.15) is 0 Å². The summed E-state index contributed by atoms with van der Waals surface area (Å²) in [6.07, 6.45) is 6.60. The van der Waals surface area contributed by atoms with E-state index in [0.29, 0.717) is 30.3 Å². The molecule has 0 radical (unpaired) electrons. The molecule has 1 fully saturated rings. The van der Waals surface area contributed by atoms with Gasteiger partial charge in [-0.15, -0.1) is 0 Å². The average Bonchev–Trinajstić information content (AvgIpc) is 2.81. The van der Waals surface area contributed by atoms with Crippen LogP contribution in [-0.4, -0.2) is 28.8 Å². The van der Waals surface area contributed by atoms with Gasteiger partial charge in [0.05, 0.1) is 0 Å². The second-order valence-corrected chi connectivity index (χ2v) is 10.0. The third kappa shape index (κ3) is 7.60. The second kappa shape index (κ2) is 12.2. The molecule has 2 aromatic rings. The van der Waals surface area contributed by atoms with Crippen molar-refractivity contribution in [3.63, 3.8) is 0 Å². The van der Waals surface area contributed by atoms with E-state index >= 15 is 0 Å². The number of nitrogens with zero attached hydrogens (tertiary/aromatic N) is 1. The summed E-state index contributed by atoms with van der Waals surface area (Å²) in [5, 5.41) is 3.81. The number of hydrogen-bond donors (Lipinski definition) is 1. The maximum atomic E-state index is 13.3. The molecule has 0 aromatic heterocycles. The first-order chi connectivity index (χ1) is 15.8. The van der Waals surface area contributed by atoms with Gasteiger partial charge in [-0.3, -0.25) is 9.59 Å². The fraction of sp³-hybridized carbons (Fsp3) is 0.500. The molecule has 3 rings (SSSR count). The Morgan fingerprint density at radius 3 is 2.33 bits per heavy atom. The molecule has 1 unspecified atom stereocenters. The van der Waals surface area contributed by atoms with Crippen LogP contribution < -0.4 is 5.32 Å². The van der Waals surface area contributed by atoms with Crippen molar-refractivity contribution in [3.8, 4) is 0 Å². The molecule has 0 aliphatic heterocycles. The Morgan fingerprint density at radius 1 is 1.00 bits per heavy atom. The molecule has 1 aliphatic rings. The van der Waals surface area contributed by atoms with Gasteiger partial charge in [-0.25, -0.2) is 0 Å². The lowest BCUT2D eigenvalue weighted by Crippen LogP contribution is -2.50. The van der Waals surface area contributed by atoms with Gasteiger partial charge in [-0.1, -0.05) is 81.1 Å². The van der Waals surface area contributed by atoms with E-state index in [4.69, 9.17) is 11.6 Å². The summed E-state index contributed by atoms with van der Waals surface area (Å²) in [6, 6.07) is 15.6. The van der Waals surface area contributed by atoms with Crippen LogP contribution in [0.4, 0.5) is 0 Å². The number of carbonyl (C=O) groups is 2. The minimum Gasteiger partial charge on any atom is -0.352 e. The Kier molecular flexibility index (Phi) is 9.37. The van der Waals surface area contributed by atoms with Gasteiger partial charge in [0, 0.05) is 24.0 Å². The maximum Gasteiger partial charge on any atom is 0.242 e. The molecule has 1 aliphatic carbocycles. The molecule has 2 amide bonds. The van der Waals surface area contributed by atoms with Crippen molar-refractivity contribution >= 4 is 23.4 Å². The van der Waals surface area contributed by atoms with E-state index < -0.39 is 6.04 Å². The summed E-state index contributed by atoms with van der Waals surface area (Å²) in [7, 11) is 0. The Morgan fingerprint density at radius 2 is 1.70 bits per heavy atom. The molecule has 33 heavy (non-hydrogen) atoms. The molecule has 5 heteroatoms. The molecule has 2 aromatic carbocycles. The molecule has 4 nitrogen and oxygen atoms in total. The maximum absolute atomic E-state index is 13.3. The highest BCUT2D eigenvalue weighted by Gasteiger charge is 2.28. The Bertz CT molecular complexity index is 920. The number of carbonyl (C=O) groups excluding carboxylic acids is 2. The van der Waals surface area contributed by atoms with E-state index in [0.717, 1.165) is 36.8 Å². The third-order valence-corrected chi connectivity index (χ3v) is 6.87. The van der Waals surface area contributed by atoms with Crippen LogP contribution in [0.5, 0.6) is 0 Å². The van der Waals surface area contributed by atoms with Gasteiger partial charge in [0.25, 0.3) is 0 Å². The zero-order valence-electron chi connectivity index (χ0n) is 20.1. The van der Waals surface area contributed by atoms with E-state index in [2.05, 4.69) is 43.4 Å². The lowest BCUT2D eigenvalue weighted by Gasteiger charge is -2.31. The van der Waals surface area contributed by atoms with Crippen LogP contribution in [0.2, 0.25) is 5.02 Å². The summed E-state index contributed by atoms with van der Waals surface area (Å²) in [6.45, 7) is 6.54. The van der Waals surface area contributed by atoms with Crippen molar-refractivity contribution in [3.05, 3.63) is 70.2 Å². The predicted molar refractivity (Wildman–Crippen MR) is 135 cm³/mol. The van der Waals surface area contributed by atoms with Gasteiger partial charge in [0.15, 0.2) is 0 Å². The van der Waals surface area contributed by atoms with Crippen LogP contribution in [-0.2, 0) is 22.6 Å². The minimum absolute atomic E-state index is 0.0193. The summed E-state index contributed by atoms with van der Waals surface area (Å²) in [5.41, 5.74) is 3.35. The first-order valence-electron chi connectivity index (χ1n) is 12.3. The Hall–Kier alpha value is -2.33. The molecule has 0 spiro atoms. The van der Waals surface area contributed by atoms with Crippen molar-refractivity contribution in [2.75, 3.05) is 0 Å². The Labute approximate surface area is 203 Å². The lowest BCUT2D eigenvalue weighted by molar-refractivity contribution is -0.141. The Balaban J connectivity index is 1.69. The fourth-order valence-electron chi connectivity index (χ4n) is 4.45. The van der Waals surface area contributed by atoms with Crippen molar-refractivity contribution in [2.24, 2.45) is 0 Å². The van der Waals surface area contributed by atoms with E-state index in [1.54, 1.807) is 4.90 Å². The number of benzene rings is 2. The normalized spacial score (nSPS) is 15.3. The van der Waals surface area contributed by atoms with Crippen LogP contribution in [0, 0.1) is 0 Å². The number of nitrogens with one attached hydrogen (secondary N) is 1. The largest absolute Gasteiger partial charge is 0.352 e. The lowest BCUT2D eigenvalue weighted by atomic mass is 9.95. The van der Waals surface area contributed by atoms with Crippen LogP contribution in [0.25, 0.3) is 0 Å². The van der Waals surface area contributed by atoms with Crippen LogP contribution in [0.3, 0.4) is 0 Å². The smallest absolute Gasteiger partial charge is 0.242 e. The zero-order chi connectivity index (χ0) is 23.8. The molecule has 0 heterocycles. The first-order valence-corrected chi connectivity index (χ1v) is 12.6. The average molecular weight is 469 g/mol. The van der Waals surface area contributed by atoms with Crippen molar-refractivity contribution in [1.82, 2.24) is 10.2 Å². The van der Waals surface area contributed by atoms with Gasteiger partial charge >= 0.3 is 0 Å². The van der Waals surface area contributed by atoms with Crippen LogP contribution in [0.1, 0.15) is 81.9 Å². The highest BCUT2D eigenvalue weighted by atomic mass is 35.5. The molecule has 0 saturated heterocycles. The quantitative estimate of drug-likeness (QED) is 0.472. The fourth-order valence-corrected chi connectivity index (χ4v) is 4.66. The standard InChI is InChI=1S/C28H37ClN2O2/c1-20(2)24-15-12-22(13-16-24)14-17-27(32)31(19-23-8-7-9-25(29)18-23)21(3)28(33)30-26-10-5-4-6-11-26/h7-9,12-13,15-16,18,20-21,26H,4-6,10-11,14,17,19H2,1-3H3,(H,30,33). The number of rotatable bonds is 9. The number of hydrogen-bond acceptors (Lipinski definition) is 2. The molecular weight excluding hydrogens is 432 g/mol. The van der Waals surface area contributed by atoms with Crippen molar-refractivity contribution in [1.29, 1.82) is 0 Å². The van der Waals surface area contributed by atoms with E-state index in [1.807, 2.05) is 31.2 Å². The van der Waals surface area contributed by atoms with Crippen LogP contribution in [0.15, 0.2) is 48.5 Å². The van der Waals surface area contributed by atoms with Crippen molar-refractivity contribution < 1.29 is 9.59 Å². The molecule has 178 valence electrons. The van der Waals surface area contributed by atoms with E-state index in [9.17, 15) is 9.59 Å². The summed E-state index contributed by atoms with van der Waals surface area (Å²) < 4.78 is 0. The van der Waals surface area contributed by atoms with Crippen LogP contribution >= 0.6 is 11.6 Å². The van der Waals surface area contributed by atoms with Gasteiger partial charge in [-0.05, 0) is 60.9 Å². The predicted octanol–water partition coefficient (Wildman–Crippen LogP) is 6.26. The highest BCUT2D eigenvalue weighted by Crippen LogP contribution is 2.20. The number of aryl methyl sites for hydroxylation is 1. The number of amides is 2. The summed E-state index contributed by atoms with van der Waals surface area (Å²) >= 11 is 6.17. The summed E-state index contributed by atoms with van der Waals surface area (Å²) in [4.78, 5) is 28.1. The molecule has 1 atom stereocenters. The van der Waals surface area contributed by atoms with Gasteiger partial charge < -0.3 is 10.2 Å². The monoisotopic (exact) mass is 468 g/mol. The third-order valence-electron chi connectivity index (χ3n) is 6.63. The van der Waals surface area contributed by atoms with E-state index in [-0.39, 0.29) is 17.9 Å². The van der Waals surface area contributed by atoms with Gasteiger partial charge in [0.2, 0.25) is 11.8 Å². The highest BCUT2D eigenvalue weighted by molar-refractivity contribution is 6.30. The second-order valence-electron chi connectivity index (χ2n) is 9.57. The van der Waals surface area contributed by atoms with Gasteiger partial charge in [0.1, 0.15) is 6.04 Å². The first kappa shape index (κ1) is 25.3.